The van der Waals surface area contributed by atoms with Crippen molar-refractivity contribution in [2.75, 3.05) is 26.9 Å². The van der Waals surface area contributed by atoms with Gasteiger partial charge in [-0.25, -0.2) is 0 Å². The first kappa shape index (κ1) is 16.4. The summed E-state index contributed by atoms with van der Waals surface area (Å²) in [6.45, 7) is 10.3. The van der Waals surface area contributed by atoms with Gasteiger partial charge in [0.25, 0.3) is 0 Å². The number of esters is 1. The normalized spacial score (nSPS) is 21.4. The Bertz CT molecular complexity index is 281. The lowest BCUT2D eigenvalue weighted by molar-refractivity contribution is -0.223. The van der Waals surface area contributed by atoms with Crippen molar-refractivity contribution in [3.63, 3.8) is 0 Å². The van der Waals surface area contributed by atoms with E-state index < -0.39 is 0 Å². The Balaban J connectivity index is 2.27. The van der Waals surface area contributed by atoms with Crippen LogP contribution < -0.4 is 5.32 Å². The van der Waals surface area contributed by atoms with Crippen molar-refractivity contribution in [2.45, 2.75) is 46.4 Å². The summed E-state index contributed by atoms with van der Waals surface area (Å²) in [7, 11) is 1.41. The molecule has 0 aliphatic carbocycles. The monoisotopic (exact) mass is 273 g/mol. The number of methoxy groups -OCH3 is 1. The molecule has 0 amide bonds. The largest absolute Gasteiger partial charge is 0.468 e. The molecular formula is C14H27NO4. The number of hydrogen-bond acceptors (Lipinski definition) is 5. The fraction of sp³-hybridized carbons (Fsp3) is 0.929. The van der Waals surface area contributed by atoms with Crippen molar-refractivity contribution in [3.05, 3.63) is 0 Å². The summed E-state index contributed by atoms with van der Waals surface area (Å²) in [5, 5.41) is 3.20. The Morgan fingerprint density at radius 2 is 1.95 bits per heavy atom. The van der Waals surface area contributed by atoms with Gasteiger partial charge in [0, 0.05) is 18.4 Å². The molecule has 1 rings (SSSR count). The van der Waals surface area contributed by atoms with Gasteiger partial charge in [-0.15, -0.1) is 0 Å². The van der Waals surface area contributed by atoms with Crippen molar-refractivity contribution in [1.29, 1.82) is 0 Å². The zero-order valence-corrected chi connectivity index (χ0v) is 12.7. The standard InChI is InChI=1S/C14H27NO4/c1-10(2)12(13(16)17-5)15-7-6-11-18-8-14(3,4)9-19-11/h10-12,15H,6-9H2,1-5H3/t12-/m0/s1. The Kier molecular flexibility index (Phi) is 6.23. The smallest absolute Gasteiger partial charge is 0.323 e. The molecule has 1 saturated heterocycles. The molecule has 1 atom stereocenters. The molecule has 1 N–H and O–H groups in total. The molecule has 1 aliphatic heterocycles. The van der Waals surface area contributed by atoms with E-state index >= 15 is 0 Å². The molecule has 0 bridgehead atoms. The SMILES string of the molecule is COC(=O)[C@@H](NCCC1OCC(C)(C)CO1)C(C)C. The maximum atomic E-state index is 11.6. The first-order valence-electron chi connectivity index (χ1n) is 6.90. The Morgan fingerprint density at radius 1 is 1.37 bits per heavy atom. The molecule has 0 aromatic rings. The van der Waals surface area contributed by atoms with Gasteiger partial charge in [-0.2, -0.15) is 0 Å². The third kappa shape index (κ3) is 5.47. The van der Waals surface area contributed by atoms with Crippen LogP contribution in [-0.2, 0) is 19.0 Å². The summed E-state index contributed by atoms with van der Waals surface area (Å²) in [5.74, 6) is -0.0267. The van der Waals surface area contributed by atoms with Gasteiger partial charge in [0.05, 0.1) is 20.3 Å². The van der Waals surface area contributed by atoms with Crippen molar-refractivity contribution >= 4 is 5.97 Å². The predicted molar refractivity (Wildman–Crippen MR) is 72.7 cm³/mol. The van der Waals surface area contributed by atoms with Crippen molar-refractivity contribution < 1.29 is 19.0 Å². The first-order valence-corrected chi connectivity index (χ1v) is 6.90. The molecule has 0 radical (unpaired) electrons. The summed E-state index contributed by atoms with van der Waals surface area (Å²) in [6.07, 6.45) is 0.557. The molecule has 0 aromatic heterocycles. The van der Waals surface area contributed by atoms with E-state index in [1.165, 1.54) is 7.11 Å². The van der Waals surface area contributed by atoms with Gasteiger partial charge in [0.1, 0.15) is 6.04 Å². The van der Waals surface area contributed by atoms with Gasteiger partial charge >= 0.3 is 5.97 Å². The number of ether oxygens (including phenoxy) is 3. The Labute approximate surface area is 116 Å². The van der Waals surface area contributed by atoms with Crippen molar-refractivity contribution in [1.82, 2.24) is 5.32 Å². The fourth-order valence-electron chi connectivity index (χ4n) is 1.97. The van der Waals surface area contributed by atoms with Crippen LogP contribution in [0.3, 0.4) is 0 Å². The lowest BCUT2D eigenvalue weighted by Crippen LogP contribution is -2.44. The van der Waals surface area contributed by atoms with Gasteiger partial charge in [-0.1, -0.05) is 27.7 Å². The second-order valence-corrected chi connectivity index (χ2v) is 6.20. The first-order chi connectivity index (χ1) is 8.85. The summed E-state index contributed by atoms with van der Waals surface area (Å²) in [4.78, 5) is 11.6. The van der Waals surface area contributed by atoms with Gasteiger partial charge in [-0.05, 0) is 5.92 Å². The van der Waals surface area contributed by atoms with Crippen LogP contribution in [0.4, 0.5) is 0 Å². The second-order valence-electron chi connectivity index (χ2n) is 6.20. The molecule has 0 spiro atoms. The lowest BCUT2D eigenvalue weighted by atomic mass is 9.95. The van der Waals surface area contributed by atoms with Crippen LogP contribution in [0.15, 0.2) is 0 Å². The topological polar surface area (TPSA) is 56.8 Å². The highest BCUT2D eigenvalue weighted by molar-refractivity contribution is 5.75. The minimum absolute atomic E-state index is 0.0937. The fourth-order valence-corrected chi connectivity index (χ4v) is 1.97. The van der Waals surface area contributed by atoms with E-state index in [2.05, 4.69) is 19.2 Å². The summed E-state index contributed by atoms with van der Waals surface area (Å²) in [6, 6.07) is -0.273. The predicted octanol–water partition coefficient (Wildman–Crippen LogP) is 1.56. The average molecular weight is 273 g/mol. The van der Waals surface area contributed by atoms with Crippen LogP contribution >= 0.6 is 0 Å². The van der Waals surface area contributed by atoms with E-state index in [0.717, 1.165) is 6.42 Å². The third-order valence-electron chi connectivity index (χ3n) is 3.19. The highest BCUT2D eigenvalue weighted by Gasteiger charge is 2.28. The van der Waals surface area contributed by atoms with Gasteiger partial charge < -0.3 is 19.5 Å². The van der Waals surface area contributed by atoms with Gasteiger partial charge in [-0.3, -0.25) is 4.79 Å². The molecule has 19 heavy (non-hydrogen) atoms. The molecule has 1 aliphatic rings. The lowest BCUT2D eigenvalue weighted by Gasteiger charge is -2.34. The van der Waals surface area contributed by atoms with Crippen LogP contribution in [0.5, 0.6) is 0 Å². The van der Waals surface area contributed by atoms with E-state index in [-0.39, 0.29) is 29.6 Å². The average Bonchev–Trinajstić information content (AvgIpc) is 2.35. The number of nitrogens with one attached hydrogen (secondary N) is 1. The molecule has 112 valence electrons. The molecule has 0 aromatic carbocycles. The van der Waals surface area contributed by atoms with Crippen LogP contribution in [0.2, 0.25) is 0 Å². The van der Waals surface area contributed by atoms with Gasteiger partial charge in [0.15, 0.2) is 6.29 Å². The minimum atomic E-state index is -0.273. The second kappa shape index (κ2) is 7.22. The quantitative estimate of drug-likeness (QED) is 0.744. The number of hydrogen-bond donors (Lipinski definition) is 1. The summed E-state index contributed by atoms with van der Waals surface area (Å²) >= 11 is 0. The van der Waals surface area contributed by atoms with E-state index in [0.29, 0.717) is 19.8 Å². The molecule has 0 unspecified atom stereocenters. The van der Waals surface area contributed by atoms with Crippen LogP contribution in [0, 0.1) is 11.3 Å². The maximum Gasteiger partial charge on any atom is 0.323 e. The zero-order chi connectivity index (χ0) is 14.5. The summed E-state index contributed by atoms with van der Waals surface area (Å²) < 4.78 is 16.1. The maximum absolute atomic E-state index is 11.6. The Morgan fingerprint density at radius 3 is 2.42 bits per heavy atom. The molecular weight excluding hydrogens is 246 g/mol. The molecule has 5 nitrogen and oxygen atoms in total. The molecule has 1 heterocycles. The Hall–Kier alpha value is -0.650. The van der Waals surface area contributed by atoms with E-state index in [1.807, 2.05) is 13.8 Å². The van der Waals surface area contributed by atoms with Crippen molar-refractivity contribution in [2.24, 2.45) is 11.3 Å². The van der Waals surface area contributed by atoms with Gasteiger partial charge in [0.2, 0.25) is 0 Å². The highest BCUT2D eigenvalue weighted by atomic mass is 16.7. The van der Waals surface area contributed by atoms with Crippen LogP contribution in [0.25, 0.3) is 0 Å². The zero-order valence-electron chi connectivity index (χ0n) is 12.7. The van der Waals surface area contributed by atoms with E-state index in [9.17, 15) is 4.79 Å². The molecule has 0 saturated carbocycles. The van der Waals surface area contributed by atoms with E-state index in [1.54, 1.807) is 0 Å². The van der Waals surface area contributed by atoms with E-state index in [4.69, 9.17) is 14.2 Å². The summed E-state index contributed by atoms with van der Waals surface area (Å²) in [5.41, 5.74) is 0.0937. The minimum Gasteiger partial charge on any atom is -0.468 e. The number of rotatable bonds is 6. The van der Waals surface area contributed by atoms with Crippen molar-refractivity contribution in [3.8, 4) is 0 Å². The number of carbonyl (C=O) groups is 1. The van der Waals surface area contributed by atoms with Crippen LogP contribution in [-0.4, -0.2) is 45.2 Å². The molecule has 5 heteroatoms. The highest BCUT2D eigenvalue weighted by Crippen LogP contribution is 2.23. The molecule has 1 fully saturated rings. The van der Waals surface area contributed by atoms with Crippen LogP contribution in [0.1, 0.15) is 34.1 Å². The number of carbonyl (C=O) groups excluding carboxylic acids is 1. The third-order valence-corrected chi connectivity index (χ3v) is 3.19.